The number of anilines is 1. The highest BCUT2D eigenvalue weighted by atomic mass is 16.5. The van der Waals surface area contributed by atoms with Crippen LogP contribution in [0.5, 0.6) is 0 Å². The maximum Gasteiger partial charge on any atom is 0.408 e. The molecule has 4 rings (SSSR count). The molecule has 0 fully saturated rings. The van der Waals surface area contributed by atoms with Crippen LogP contribution in [-0.2, 0) is 27.4 Å². The third kappa shape index (κ3) is 9.06. The van der Waals surface area contributed by atoms with Crippen molar-refractivity contribution in [2.75, 3.05) is 11.9 Å². The Labute approximate surface area is 237 Å². The van der Waals surface area contributed by atoms with Crippen molar-refractivity contribution in [1.82, 2.24) is 10.6 Å². The summed E-state index contributed by atoms with van der Waals surface area (Å²) in [6, 6.07) is 24.3. The van der Waals surface area contributed by atoms with Crippen LogP contribution in [0, 0.1) is 6.92 Å². The number of rotatable bonds is 12. The molecule has 0 aliphatic rings. The van der Waals surface area contributed by atoms with Crippen molar-refractivity contribution >= 4 is 34.6 Å². The molecule has 4 aromatic rings. The van der Waals surface area contributed by atoms with Gasteiger partial charge in [0.05, 0.1) is 6.42 Å². The van der Waals surface area contributed by atoms with E-state index in [9.17, 15) is 19.2 Å². The van der Waals surface area contributed by atoms with Gasteiger partial charge in [0.25, 0.3) is 0 Å². The van der Waals surface area contributed by atoms with Gasteiger partial charge in [-0.05, 0) is 55.0 Å². The lowest BCUT2D eigenvalue weighted by Crippen LogP contribution is -2.44. The molecule has 1 heterocycles. The Bertz CT molecular complexity index is 1540. The first kappa shape index (κ1) is 29.1. The van der Waals surface area contributed by atoms with Gasteiger partial charge in [-0.3, -0.25) is 9.59 Å². The fourth-order valence-corrected chi connectivity index (χ4v) is 4.35. The smallest absolute Gasteiger partial charge is 0.408 e. The molecule has 0 saturated heterocycles. The lowest BCUT2D eigenvalue weighted by Gasteiger charge is -2.19. The molecule has 3 N–H and O–H groups in total. The van der Waals surface area contributed by atoms with Crippen LogP contribution in [0.15, 0.2) is 94.1 Å². The second-order valence-corrected chi connectivity index (χ2v) is 9.72. The largest absolute Gasteiger partial charge is 0.445 e. The Hall–Kier alpha value is -4.92. The molecule has 9 nitrogen and oxygen atoms in total. The highest BCUT2D eigenvalue weighted by Gasteiger charge is 2.22. The van der Waals surface area contributed by atoms with E-state index in [4.69, 9.17) is 9.15 Å². The molecule has 212 valence electrons. The van der Waals surface area contributed by atoms with Crippen LogP contribution in [0.3, 0.4) is 0 Å². The number of unbranched alkanes of at least 4 members (excludes halogenated alkanes) is 1. The summed E-state index contributed by atoms with van der Waals surface area (Å²) in [5.41, 5.74) is 2.83. The Balaban J connectivity index is 1.34. The molecule has 41 heavy (non-hydrogen) atoms. The molecule has 0 bridgehead atoms. The first-order valence-electron chi connectivity index (χ1n) is 13.5. The van der Waals surface area contributed by atoms with Gasteiger partial charge in [-0.25, -0.2) is 9.59 Å². The SMILES string of the molecule is Cc1cc(=O)oc2cc(NC(=O)[C@H](CCCCNC(=O)Cc3ccccc3)NC(=O)OCc3ccccc3)ccc12. The van der Waals surface area contributed by atoms with Gasteiger partial charge in [-0.1, -0.05) is 60.7 Å². The van der Waals surface area contributed by atoms with Crippen molar-refractivity contribution in [2.45, 2.75) is 45.3 Å². The minimum atomic E-state index is -0.890. The van der Waals surface area contributed by atoms with Crippen molar-refractivity contribution in [3.8, 4) is 0 Å². The monoisotopic (exact) mass is 555 g/mol. The fourth-order valence-electron chi connectivity index (χ4n) is 4.35. The Morgan fingerprint density at radius 1 is 0.878 bits per heavy atom. The molecule has 0 saturated carbocycles. The van der Waals surface area contributed by atoms with Crippen molar-refractivity contribution in [2.24, 2.45) is 0 Å². The summed E-state index contributed by atoms with van der Waals surface area (Å²) in [7, 11) is 0. The number of nitrogens with one attached hydrogen (secondary N) is 3. The number of fused-ring (bicyclic) bond motifs is 1. The third-order valence-corrected chi connectivity index (χ3v) is 6.49. The van der Waals surface area contributed by atoms with Crippen LogP contribution >= 0.6 is 0 Å². The van der Waals surface area contributed by atoms with Crippen LogP contribution in [-0.4, -0.2) is 30.5 Å². The predicted octanol–water partition coefficient (Wildman–Crippen LogP) is 4.86. The normalized spacial score (nSPS) is 11.4. The Morgan fingerprint density at radius 3 is 2.32 bits per heavy atom. The average Bonchev–Trinajstić information content (AvgIpc) is 2.96. The van der Waals surface area contributed by atoms with Gasteiger partial charge in [-0.15, -0.1) is 0 Å². The zero-order valence-electron chi connectivity index (χ0n) is 22.9. The Kier molecular flexibility index (Phi) is 10.3. The number of carbonyl (C=O) groups is 3. The van der Waals surface area contributed by atoms with Crippen molar-refractivity contribution < 1.29 is 23.5 Å². The van der Waals surface area contributed by atoms with E-state index in [1.165, 1.54) is 6.07 Å². The number of alkyl carbamates (subject to hydrolysis) is 1. The maximum atomic E-state index is 13.2. The molecule has 9 heteroatoms. The summed E-state index contributed by atoms with van der Waals surface area (Å²) < 4.78 is 10.6. The van der Waals surface area contributed by atoms with E-state index in [1.54, 1.807) is 18.2 Å². The number of aryl methyl sites for hydroxylation is 1. The molecule has 0 aliphatic heterocycles. The van der Waals surface area contributed by atoms with Gasteiger partial charge in [-0.2, -0.15) is 0 Å². The first-order valence-corrected chi connectivity index (χ1v) is 13.5. The van der Waals surface area contributed by atoms with E-state index in [0.29, 0.717) is 43.5 Å². The van der Waals surface area contributed by atoms with Gasteiger partial charge >= 0.3 is 11.7 Å². The topological polar surface area (TPSA) is 127 Å². The zero-order valence-corrected chi connectivity index (χ0v) is 22.9. The molecule has 0 unspecified atom stereocenters. The van der Waals surface area contributed by atoms with E-state index < -0.39 is 23.7 Å². The van der Waals surface area contributed by atoms with Crippen LogP contribution in [0.1, 0.15) is 36.0 Å². The zero-order chi connectivity index (χ0) is 29.0. The van der Waals surface area contributed by atoms with Gasteiger partial charge < -0.3 is 25.1 Å². The van der Waals surface area contributed by atoms with E-state index in [2.05, 4.69) is 16.0 Å². The second-order valence-electron chi connectivity index (χ2n) is 9.72. The summed E-state index contributed by atoms with van der Waals surface area (Å²) in [6.07, 6.45) is 1.08. The molecule has 0 radical (unpaired) electrons. The van der Waals surface area contributed by atoms with Gasteiger partial charge in [0.2, 0.25) is 11.8 Å². The fraction of sp³-hybridized carbons (Fsp3) is 0.250. The van der Waals surface area contributed by atoms with Crippen molar-refractivity contribution in [3.05, 3.63) is 112 Å². The van der Waals surface area contributed by atoms with Gasteiger partial charge in [0, 0.05) is 29.8 Å². The summed E-state index contributed by atoms with van der Waals surface area (Å²) in [5.74, 6) is -0.518. The molecule has 0 aliphatic carbocycles. The van der Waals surface area contributed by atoms with E-state index in [1.807, 2.05) is 67.6 Å². The highest BCUT2D eigenvalue weighted by molar-refractivity contribution is 5.98. The van der Waals surface area contributed by atoms with E-state index in [0.717, 1.165) is 22.1 Å². The van der Waals surface area contributed by atoms with Crippen LogP contribution in [0.25, 0.3) is 11.0 Å². The molecular weight excluding hydrogens is 522 g/mol. The predicted molar refractivity (Wildman–Crippen MR) is 156 cm³/mol. The quantitative estimate of drug-likeness (QED) is 0.169. The van der Waals surface area contributed by atoms with Crippen LogP contribution < -0.4 is 21.6 Å². The minimum absolute atomic E-state index is 0.0670. The minimum Gasteiger partial charge on any atom is -0.445 e. The van der Waals surface area contributed by atoms with Gasteiger partial charge in [0.15, 0.2) is 0 Å². The van der Waals surface area contributed by atoms with Crippen molar-refractivity contribution in [1.29, 1.82) is 0 Å². The first-order chi connectivity index (χ1) is 19.9. The molecule has 3 aromatic carbocycles. The van der Waals surface area contributed by atoms with Crippen LogP contribution in [0.2, 0.25) is 0 Å². The third-order valence-electron chi connectivity index (χ3n) is 6.49. The summed E-state index contributed by atoms with van der Waals surface area (Å²) >= 11 is 0. The van der Waals surface area contributed by atoms with E-state index >= 15 is 0 Å². The van der Waals surface area contributed by atoms with Gasteiger partial charge in [0.1, 0.15) is 18.2 Å². The van der Waals surface area contributed by atoms with E-state index in [-0.39, 0.29) is 12.5 Å². The van der Waals surface area contributed by atoms with Crippen molar-refractivity contribution in [3.63, 3.8) is 0 Å². The van der Waals surface area contributed by atoms with Crippen LogP contribution in [0.4, 0.5) is 10.5 Å². The number of ether oxygens (including phenoxy) is 1. The number of hydrogen-bond acceptors (Lipinski definition) is 6. The average molecular weight is 556 g/mol. The summed E-state index contributed by atoms with van der Waals surface area (Å²) in [5, 5.41) is 9.11. The maximum absolute atomic E-state index is 13.2. The Morgan fingerprint density at radius 2 is 1.59 bits per heavy atom. The molecule has 3 amide bonds. The molecule has 1 atom stereocenters. The number of amides is 3. The molecule has 1 aromatic heterocycles. The molecular formula is C32H33N3O6. The molecule has 0 spiro atoms. The second kappa shape index (κ2) is 14.5. The lowest BCUT2D eigenvalue weighted by molar-refractivity contribution is -0.120. The lowest BCUT2D eigenvalue weighted by atomic mass is 10.1. The standard InChI is InChI=1S/C32H33N3O6/c1-22-18-30(37)41-28-20-25(15-16-26(22)28)34-31(38)27(35-32(39)40-21-24-12-6-3-7-13-24)14-8-9-17-33-29(36)19-23-10-4-2-5-11-23/h2-7,10-13,15-16,18,20,27H,8-9,14,17,19,21H2,1H3,(H,33,36)(H,34,38)(H,35,39)/t27-/m0/s1. The summed E-state index contributed by atoms with van der Waals surface area (Å²) in [6.45, 7) is 2.32. The number of hydrogen-bond donors (Lipinski definition) is 3. The number of benzene rings is 3. The number of carbonyl (C=O) groups excluding carboxylic acids is 3. The summed E-state index contributed by atoms with van der Waals surface area (Å²) in [4.78, 5) is 49.8. The highest BCUT2D eigenvalue weighted by Crippen LogP contribution is 2.21.